The first-order valence-electron chi connectivity index (χ1n) is 7.29. The van der Waals surface area contributed by atoms with Gasteiger partial charge < -0.3 is 20.7 Å². The predicted octanol–water partition coefficient (Wildman–Crippen LogP) is -0.133. The number of rotatable bonds is 3. The van der Waals surface area contributed by atoms with Gasteiger partial charge in [0, 0.05) is 44.5 Å². The first-order chi connectivity index (χ1) is 9.33. The fraction of sp³-hybridized carbons (Fsp3) is 0.857. The van der Waals surface area contributed by atoms with Crippen molar-refractivity contribution in [2.45, 2.75) is 45.3 Å². The molecule has 1 aliphatic heterocycles. The van der Waals surface area contributed by atoms with E-state index in [-0.39, 0.29) is 23.3 Å². The summed E-state index contributed by atoms with van der Waals surface area (Å²) in [6.07, 6.45) is 0.912. The number of hydrogen-bond acceptors (Lipinski definition) is 4. The molecule has 1 saturated carbocycles. The molecule has 6 heteroatoms. The van der Waals surface area contributed by atoms with Crippen molar-refractivity contribution in [2.24, 2.45) is 11.1 Å². The molecule has 1 saturated heterocycles. The van der Waals surface area contributed by atoms with Crippen molar-refractivity contribution in [3.05, 3.63) is 0 Å². The number of carbonyl (C=O) groups excluding carboxylic acids is 2. The second-order valence-electron chi connectivity index (χ2n) is 6.23. The Hall–Kier alpha value is -1.14. The minimum Gasteiger partial charge on any atom is -0.378 e. The molecular weight excluding hydrogens is 258 g/mol. The second kappa shape index (κ2) is 5.33. The molecule has 3 N–H and O–H groups in total. The molecule has 1 heterocycles. The number of nitrogens with zero attached hydrogens (tertiary/aromatic N) is 1. The van der Waals surface area contributed by atoms with Gasteiger partial charge in [-0.2, -0.15) is 0 Å². The first kappa shape index (κ1) is 15.3. The molecular formula is C14H25N3O3. The maximum atomic E-state index is 12.7. The van der Waals surface area contributed by atoms with Crippen LogP contribution in [-0.4, -0.2) is 54.6 Å². The fourth-order valence-corrected chi connectivity index (χ4v) is 3.05. The summed E-state index contributed by atoms with van der Waals surface area (Å²) in [5.74, 6) is -0.0682. The summed E-state index contributed by atoms with van der Waals surface area (Å²) in [7, 11) is 0. The van der Waals surface area contributed by atoms with Crippen LogP contribution in [0.15, 0.2) is 0 Å². The average molecular weight is 283 g/mol. The molecule has 2 amide bonds. The first-order valence-corrected chi connectivity index (χ1v) is 7.29. The summed E-state index contributed by atoms with van der Waals surface area (Å²) in [4.78, 5) is 25.8. The molecule has 0 aromatic rings. The lowest BCUT2D eigenvalue weighted by Gasteiger charge is -2.58. The Balaban J connectivity index is 2.07. The summed E-state index contributed by atoms with van der Waals surface area (Å²) >= 11 is 0. The Morgan fingerprint density at radius 1 is 1.50 bits per heavy atom. The zero-order valence-electron chi connectivity index (χ0n) is 12.6. The Kier molecular flexibility index (Phi) is 4.07. The van der Waals surface area contributed by atoms with Crippen molar-refractivity contribution >= 4 is 11.8 Å². The van der Waals surface area contributed by atoms with Crippen molar-refractivity contribution in [1.82, 2.24) is 10.2 Å². The van der Waals surface area contributed by atoms with E-state index in [2.05, 4.69) is 5.32 Å². The maximum absolute atomic E-state index is 12.7. The molecule has 0 radical (unpaired) electrons. The van der Waals surface area contributed by atoms with E-state index >= 15 is 0 Å². The molecule has 2 unspecified atom stereocenters. The van der Waals surface area contributed by atoms with Gasteiger partial charge in [-0.15, -0.1) is 0 Å². The molecule has 6 nitrogen and oxygen atoms in total. The van der Waals surface area contributed by atoms with Crippen molar-refractivity contribution in [3.8, 4) is 0 Å². The van der Waals surface area contributed by atoms with E-state index < -0.39 is 5.54 Å². The Morgan fingerprint density at radius 2 is 2.20 bits per heavy atom. The molecule has 2 rings (SSSR count). The molecule has 0 aromatic carbocycles. The van der Waals surface area contributed by atoms with Gasteiger partial charge in [-0.1, -0.05) is 13.8 Å². The normalized spacial score (nSPS) is 33.1. The van der Waals surface area contributed by atoms with E-state index in [9.17, 15) is 9.59 Å². The Morgan fingerprint density at radius 3 is 2.80 bits per heavy atom. The summed E-state index contributed by atoms with van der Waals surface area (Å²) < 4.78 is 5.65. The highest BCUT2D eigenvalue weighted by atomic mass is 16.5. The summed E-state index contributed by atoms with van der Waals surface area (Å²) in [6.45, 7) is 8.00. The standard InChI is InChI=1S/C14H25N3O3/c1-4-20-10-9-14(15,13(10,2)3)12(19)17-7-5-11(18)16-6-8-17/h10H,4-9,15H2,1-3H3,(H,16,18). The highest BCUT2D eigenvalue weighted by Gasteiger charge is 2.63. The van der Waals surface area contributed by atoms with E-state index in [1.165, 1.54) is 0 Å². The molecule has 114 valence electrons. The van der Waals surface area contributed by atoms with Crippen LogP contribution in [0.2, 0.25) is 0 Å². The van der Waals surface area contributed by atoms with Crippen molar-refractivity contribution < 1.29 is 14.3 Å². The zero-order valence-corrected chi connectivity index (χ0v) is 12.6. The predicted molar refractivity (Wildman–Crippen MR) is 74.9 cm³/mol. The SMILES string of the molecule is CCOC1CC(N)(C(=O)N2CCNC(=O)CC2)C1(C)C. The lowest BCUT2D eigenvalue weighted by atomic mass is 9.54. The highest BCUT2D eigenvalue weighted by Crippen LogP contribution is 2.50. The third kappa shape index (κ3) is 2.31. The quantitative estimate of drug-likeness (QED) is 0.755. The third-order valence-electron chi connectivity index (χ3n) is 4.81. The van der Waals surface area contributed by atoms with E-state index in [0.29, 0.717) is 39.1 Å². The van der Waals surface area contributed by atoms with Crippen LogP contribution in [0, 0.1) is 5.41 Å². The Labute approximate surface area is 120 Å². The molecule has 0 aromatic heterocycles. The summed E-state index contributed by atoms with van der Waals surface area (Å²) in [6, 6.07) is 0. The summed E-state index contributed by atoms with van der Waals surface area (Å²) in [5.41, 5.74) is 5.11. The lowest BCUT2D eigenvalue weighted by Crippen LogP contribution is -2.76. The number of amides is 2. The van der Waals surface area contributed by atoms with Gasteiger partial charge in [-0.05, 0) is 6.92 Å². The number of hydrogen-bond donors (Lipinski definition) is 2. The van der Waals surface area contributed by atoms with Crippen LogP contribution in [0.4, 0.5) is 0 Å². The fourth-order valence-electron chi connectivity index (χ4n) is 3.05. The van der Waals surface area contributed by atoms with Gasteiger partial charge in [0.2, 0.25) is 11.8 Å². The lowest BCUT2D eigenvalue weighted by molar-refractivity contribution is -0.179. The van der Waals surface area contributed by atoms with Crippen LogP contribution < -0.4 is 11.1 Å². The van der Waals surface area contributed by atoms with Crippen molar-refractivity contribution in [3.63, 3.8) is 0 Å². The smallest absolute Gasteiger partial charge is 0.243 e. The number of nitrogens with one attached hydrogen (secondary N) is 1. The van der Waals surface area contributed by atoms with Crippen molar-refractivity contribution in [1.29, 1.82) is 0 Å². The minimum atomic E-state index is -0.889. The van der Waals surface area contributed by atoms with Gasteiger partial charge in [-0.25, -0.2) is 0 Å². The molecule has 0 spiro atoms. The van der Waals surface area contributed by atoms with Crippen molar-refractivity contribution in [2.75, 3.05) is 26.2 Å². The molecule has 1 aliphatic carbocycles. The largest absolute Gasteiger partial charge is 0.378 e. The zero-order chi connectivity index (χ0) is 15.0. The van der Waals surface area contributed by atoms with Crippen LogP contribution in [0.5, 0.6) is 0 Å². The molecule has 2 atom stereocenters. The van der Waals surface area contributed by atoms with Gasteiger partial charge in [0.25, 0.3) is 0 Å². The molecule has 2 aliphatic rings. The van der Waals surface area contributed by atoms with Gasteiger partial charge in [0.1, 0.15) is 5.54 Å². The third-order valence-corrected chi connectivity index (χ3v) is 4.81. The van der Waals surface area contributed by atoms with Gasteiger partial charge in [-0.3, -0.25) is 9.59 Å². The van der Waals surface area contributed by atoms with Crippen LogP contribution in [0.1, 0.15) is 33.6 Å². The second-order valence-corrected chi connectivity index (χ2v) is 6.23. The topological polar surface area (TPSA) is 84.7 Å². The van der Waals surface area contributed by atoms with Crippen LogP contribution >= 0.6 is 0 Å². The Bertz CT molecular complexity index is 410. The molecule has 2 fully saturated rings. The highest BCUT2D eigenvalue weighted by molar-refractivity contribution is 5.89. The van der Waals surface area contributed by atoms with Crippen LogP contribution in [0.25, 0.3) is 0 Å². The van der Waals surface area contributed by atoms with Crippen LogP contribution in [0.3, 0.4) is 0 Å². The van der Waals surface area contributed by atoms with E-state index in [1.807, 2.05) is 20.8 Å². The number of nitrogens with two attached hydrogens (primary N) is 1. The van der Waals surface area contributed by atoms with Gasteiger partial charge >= 0.3 is 0 Å². The molecule has 0 bridgehead atoms. The summed E-state index contributed by atoms with van der Waals surface area (Å²) in [5, 5.41) is 2.77. The van der Waals surface area contributed by atoms with E-state index in [0.717, 1.165) is 0 Å². The monoisotopic (exact) mass is 283 g/mol. The molecule has 20 heavy (non-hydrogen) atoms. The minimum absolute atomic E-state index is 0.00793. The van der Waals surface area contributed by atoms with E-state index in [4.69, 9.17) is 10.5 Å². The number of ether oxygens (including phenoxy) is 1. The van der Waals surface area contributed by atoms with Gasteiger partial charge in [0.15, 0.2) is 0 Å². The van der Waals surface area contributed by atoms with Gasteiger partial charge in [0.05, 0.1) is 6.10 Å². The van der Waals surface area contributed by atoms with Crippen LogP contribution in [-0.2, 0) is 14.3 Å². The van der Waals surface area contributed by atoms with E-state index in [1.54, 1.807) is 4.90 Å². The number of carbonyl (C=O) groups is 2. The average Bonchev–Trinajstić information content (AvgIpc) is 2.62. The maximum Gasteiger partial charge on any atom is 0.243 e.